The first kappa shape index (κ1) is 12.7. The van der Waals surface area contributed by atoms with Crippen LogP contribution in [-0.4, -0.2) is 32.9 Å². The molecule has 1 aromatic heterocycles. The van der Waals surface area contributed by atoms with Gasteiger partial charge in [-0.25, -0.2) is 0 Å². The third-order valence-corrected chi connectivity index (χ3v) is 2.38. The predicted octanol–water partition coefficient (Wildman–Crippen LogP) is 0.720. The van der Waals surface area contributed by atoms with Crippen LogP contribution in [0.4, 0.5) is 0 Å². The third-order valence-electron chi connectivity index (χ3n) is 2.38. The number of aromatic nitrogens is 2. The Labute approximate surface area is 95.5 Å². The molecule has 3 unspecified atom stereocenters. The molecule has 16 heavy (non-hydrogen) atoms. The van der Waals surface area contributed by atoms with Crippen molar-refractivity contribution in [3.05, 3.63) is 18.5 Å². The molecule has 3 atom stereocenters. The van der Waals surface area contributed by atoms with Crippen molar-refractivity contribution in [1.82, 2.24) is 15.1 Å². The second-order valence-corrected chi connectivity index (χ2v) is 4.16. The minimum Gasteiger partial charge on any atom is -0.393 e. The van der Waals surface area contributed by atoms with E-state index in [2.05, 4.69) is 10.4 Å². The van der Waals surface area contributed by atoms with Crippen LogP contribution in [0.2, 0.25) is 0 Å². The molecule has 0 radical (unpaired) electrons. The number of hydrogen-bond acceptors (Lipinski definition) is 3. The lowest BCUT2D eigenvalue weighted by molar-refractivity contribution is -0.124. The van der Waals surface area contributed by atoms with Crippen LogP contribution in [0.25, 0.3) is 0 Å². The van der Waals surface area contributed by atoms with Gasteiger partial charge in [-0.2, -0.15) is 5.10 Å². The van der Waals surface area contributed by atoms with E-state index >= 15 is 0 Å². The summed E-state index contributed by atoms with van der Waals surface area (Å²) in [6.45, 7) is 5.37. The number of rotatable bonds is 5. The van der Waals surface area contributed by atoms with Crippen molar-refractivity contribution < 1.29 is 9.90 Å². The molecule has 1 heterocycles. The summed E-state index contributed by atoms with van der Waals surface area (Å²) in [5.74, 6) is -0.0862. The van der Waals surface area contributed by atoms with Crippen LogP contribution in [0.1, 0.15) is 33.2 Å². The molecule has 5 heteroatoms. The van der Waals surface area contributed by atoms with Gasteiger partial charge < -0.3 is 10.4 Å². The Morgan fingerprint density at radius 1 is 1.50 bits per heavy atom. The molecule has 0 aliphatic rings. The Balaban J connectivity index is 2.46. The van der Waals surface area contributed by atoms with Gasteiger partial charge in [-0.1, -0.05) is 0 Å². The lowest BCUT2D eigenvalue weighted by Gasteiger charge is -2.18. The molecule has 1 amide bonds. The fourth-order valence-electron chi connectivity index (χ4n) is 1.56. The van der Waals surface area contributed by atoms with Crippen molar-refractivity contribution in [3.63, 3.8) is 0 Å². The van der Waals surface area contributed by atoms with Crippen LogP contribution in [0.15, 0.2) is 18.5 Å². The molecule has 1 aromatic rings. The maximum atomic E-state index is 11.8. The van der Waals surface area contributed by atoms with Crippen LogP contribution in [0.3, 0.4) is 0 Å². The van der Waals surface area contributed by atoms with Crippen LogP contribution < -0.4 is 5.32 Å². The monoisotopic (exact) mass is 225 g/mol. The fourth-order valence-corrected chi connectivity index (χ4v) is 1.56. The van der Waals surface area contributed by atoms with Gasteiger partial charge in [0.15, 0.2) is 0 Å². The van der Waals surface area contributed by atoms with E-state index in [0.29, 0.717) is 6.42 Å². The number of carbonyl (C=O) groups is 1. The maximum absolute atomic E-state index is 11.8. The van der Waals surface area contributed by atoms with Gasteiger partial charge in [0.05, 0.1) is 6.10 Å². The average molecular weight is 225 g/mol. The molecule has 0 saturated carbocycles. The fraction of sp³-hybridized carbons (Fsp3) is 0.636. The summed E-state index contributed by atoms with van der Waals surface area (Å²) in [6, 6.07) is 1.42. The average Bonchev–Trinajstić information content (AvgIpc) is 2.67. The summed E-state index contributed by atoms with van der Waals surface area (Å²) in [5, 5.41) is 16.0. The van der Waals surface area contributed by atoms with Gasteiger partial charge in [0.25, 0.3) is 0 Å². The minimum absolute atomic E-state index is 0.0366. The normalized spacial score (nSPS) is 16.5. The number of aliphatic hydroxyl groups is 1. The Kier molecular flexibility index (Phi) is 4.49. The van der Waals surface area contributed by atoms with Crippen molar-refractivity contribution in [2.75, 3.05) is 0 Å². The molecule has 2 N–H and O–H groups in total. The number of aliphatic hydroxyl groups excluding tert-OH is 1. The number of hydrogen-bond donors (Lipinski definition) is 2. The lowest BCUT2D eigenvalue weighted by Crippen LogP contribution is -2.38. The lowest BCUT2D eigenvalue weighted by atomic mass is 10.1. The summed E-state index contributed by atoms with van der Waals surface area (Å²) in [5.41, 5.74) is 0. The molecule has 0 aliphatic heterocycles. The van der Waals surface area contributed by atoms with E-state index in [1.165, 1.54) is 0 Å². The number of nitrogens with zero attached hydrogens (tertiary/aromatic N) is 2. The summed E-state index contributed by atoms with van der Waals surface area (Å²) in [7, 11) is 0. The van der Waals surface area contributed by atoms with Gasteiger partial charge in [0.2, 0.25) is 5.91 Å². The van der Waals surface area contributed by atoms with Gasteiger partial charge in [-0.3, -0.25) is 9.48 Å². The first-order chi connectivity index (χ1) is 7.50. The number of nitrogens with one attached hydrogen (secondary N) is 1. The molecule has 90 valence electrons. The van der Waals surface area contributed by atoms with Crippen molar-refractivity contribution >= 4 is 5.91 Å². The molecule has 0 saturated heterocycles. The molecule has 0 aliphatic carbocycles. The highest BCUT2D eigenvalue weighted by atomic mass is 16.3. The molecular formula is C11H19N3O2. The van der Waals surface area contributed by atoms with Gasteiger partial charge in [-0.15, -0.1) is 0 Å². The topological polar surface area (TPSA) is 67.2 Å². The highest BCUT2D eigenvalue weighted by molar-refractivity contribution is 5.79. The van der Waals surface area contributed by atoms with Gasteiger partial charge >= 0.3 is 0 Å². The molecule has 0 aromatic carbocycles. The SMILES string of the molecule is CC(O)CC(C)NC(=O)C(C)n1cccn1. The van der Waals surface area contributed by atoms with E-state index in [-0.39, 0.29) is 18.0 Å². The molecule has 5 nitrogen and oxygen atoms in total. The Hall–Kier alpha value is -1.36. The van der Waals surface area contributed by atoms with Crippen LogP contribution in [0.5, 0.6) is 0 Å². The van der Waals surface area contributed by atoms with E-state index in [1.54, 1.807) is 37.0 Å². The van der Waals surface area contributed by atoms with Crippen molar-refractivity contribution in [2.45, 2.75) is 45.4 Å². The Morgan fingerprint density at radius 2 is 2.19 bits per heavy atom. The smallest absolute Gasteiger partial charge is 0.244 e. The maximum Gasteiger partial charge on any atom is 0.244 e. The quantitative estimate of drug-likeness (QED) is 0.776. The van der Waals surface area contributed by atoms with Crippen LogP contribution in [0, 0.1) is 0 Å². The van der Waals surface area contributed by atoms with Crippen LogP contribution >= 0.6 is 0 Å². The highest BCUT2D eigenvalue weighted by Crippen LogP contribution is 2.05. The van der Waals surface area contributed by atoms with E-state index in [9.17, 15) is 9.90 Å². The van der Waals surface area contributed by atoms with Gasteiger partial charge in [0.1, 0.15) is 6.04 Å². The molecule has 0 fully saturated rings. The third kappa shape index (κ3) is 3.66. The molecule has 0 spiro atoms. The highest BCUT2D eigenvalue weighted by Gasteiger charge is 2.17. The Morgan fingerprint density at radius 3 is 2.69 bits per heavy atom. The zero-order valence-electron chi connectivity index (χ0n) is 9.92. The molecule has 1 rings (SSSR count). The standard InChI is InChI=1S/C11H19N3O2/c1-8(7-9(2)15)13-11(16)10(3)14-6-4-5-12-14/h4-6,8-10,15H,7H2,1-3H3,(H,13,16). The predicted molar refractivity (Wildman–Crippen MR) is 60.8 cm³/mol. The van der Waals surface area contributed by atoms with Crippen molar-refractivity contribution in [2.24, 2.45) is 0 Å². The zero-order chi connectivity index (χ0) is 12.1. The van der Waals surface area contributed by atoms with Crippen LogP contribution in [-0.2, 0) is 4.79 Å². The van der Waals surface area contributed by atoms with Crippen molar-refractivity contribution in [3.8, 4) is 0 Å². The van der Waals surface area contributed by atoms with E-state index in [0.717, 1.165) is 0 Å². The molecular weight excluding hydrogens is 206 g/mol. The summed E-state index contributed by atoms with van der Waals surface area (Å²) in [4.78, 5) is 11.8. The van der Waals surface area contributed by atoms with Gasteiger partial charge in [-0.05, 0) is 33.3 Å². The summed E-state index contributed by atoms with van der Waals surface area (Å²) < 4.78 is 1.60. The first-order valence-corrected chi connectivity index (χ1v) is 5.48. The van der Waals surface area contributed by atoms with E-state index in [1.807, 2.05) is 6.92 Å². The second-order valence-electron chi connectivity index (χ2n) is 4.16. The largest absolute Gasteiger partial charge is 0.393 e. The second kappa shape index (κ2) is 5.65. The van der Waals surface area contributed by atoms with Gasteiger partial charge in [0, 0.05) is 18.4 Å². The number of carbonyl (C=O) groups excluding carboxylic acids is 1. The first-order valence-electron chi connectivity index (χ1n) is 5.48. The van der Waals surface area contributed by atoms with E-state index in [4.69, 9.17) is 0 Å². The van der Waals surface area contributed by atoms with E-state index < -0.39 is 6.10 Å². The Bertz CT molecular complexity index is 322. The minimum atomic E-state index is -0.407. The van der Waals surface area contributed by atoms with Crippen molar-refractivity contribution in [1.29, 1.82) is 0 Å². The molecule has 0 bridgehead atoms. The number of amides is 1. The zero-order valence-corrected chi connectivity index (χ0v) is 9.92. The summed E-state index contributed by atoms with van der Waals surface area (Å²) >= 11 is 0. The summed E-state index contributed by atoms with van der Waals surface area (Å²) in [6.07, 6.45) is 3.54.